The Kier molecular flexibility index (Phi) is 7.98. The van der Waals surface area contributed by atoms with E-state index in [9.17, 15) is 9.90 Å². The van der Waals surface area contributed by atoms with Gasteiger partial charge in [0, 0.05) is 57.6 Å². The maximum atomic E-state index is 11.4. The van der Waals surface area contributed by atoms with Gasteiger partial charge in [-0.3, -0.25) is 9.88 Å². The number of pyridine rings is 1. The summed E-state index contributed by atoms with van der Waals surface area (Å²) >= 11 is 0. The zero-order valence-corrected chi connectivity index (χ0v) is 16.9. The molecule has 156 valence electrons. The number of aliphatic hydroxyl groups is 1. The molecule has 0 spiro atoms. The number of nitrogens with zero attached hydrogens (tertiary/aromatic N) is 3. The summed E-state index contributed by atoms with van der Waals surface area (Å²) in [6.07, 6.45) is 2.24. The lowest BCUT2D eigenvalue weighted by atomic mass is 10.2. The Labute approximate surface area is 171 Å². The Bertz CT molecular complexity index is 746. The monoisotopic (exact) mass is 399 g/mol. The molecule has 0 saturated carbocycles. The van der Waals surface area contributed by atoms with Gasteiger partial charge in [-0.05, 0) is 36.4 Å². The van der Waals surface area contributed by atoms with Crippen LogP contribution in [0.25, 0.3) is 0 Å². The van der Waals surface area contributed by atoms with Crippen molar-refractivity contribution in [3.63, 3.8) is 0 Å². The Hall–Kier alpha value is -2.48. The van der Waals surface area contributed by atoms with Crippen LogP contribution in [-0.4, -0.2) is 84.9 Å². The molecule has 0 aliphatic carbocycles. The molecule has 1 N–H and O–H groups in total. The third-order valence-electron chi connectivity index (χ3n) is 5.06. The van der Waals surface area contributed by atoms with Gasteiger partial charge in [0.25, 0.3) is 0 Å². The zero-order chi connectivity index (χ0) is 20.5. The Morgan fingerprint density at radius 3 is 2.48 bits per heavy atom. The second-order valence-corrected chi connectivity index (χ2v) is 7.19. The van der Waals surface area contributed by atoms with Crippen molar-refractivity contribution in [2.45, 2.75) is 12.5 Å². The molecule has 2 heterocycles. The van der Waals surface area contributed by atoms with Crippen LogP contribution in [0.2, 0.25) is 0 Å². The van der Waals surface area contributed by atoms with Crippen molar-refractivity contribution < 1.29 is 19.4 Å². The Morgan fingerprint density at radius 2 is 1.83 bits per heavy atom. The first-order valence-corrected chi connectivity index (χ1v) is 9.98. The minimum Gasteiger partial charge on any atom is -0.491 e. The number of ether oxygens (including phenoxy) is 2. The number of aromatic nitrogens is 1. The average molecular weight is 399 g/mol. The molecule has 1 fully saturated rings. The molecule has 1 saturated heterocycles. The molecular weight excluding hydrogens is 370 g/mol. The number of piperazine rings is 1. The van der Waals surface area contributed by atoms with Crippen LogP contribution >= 0.6 is 0 Å². The van der Waals surface area contributed by atoms with Gasteiger partial charge < -0.3 is 19.5 Å². The Morgan fingerprint density at radius 1 is 1.10 bits per heavy atom. The second kappa shape index (κ2) is 10.9. The fourth-order valence-corrected chi connectivity index (χ4v) is 3.36. The highest BCUT2D eigenvalue weighted by Crippen LogP contribution is 2.13. The largest absolute Gasteiger partial charge is 0.491 e. The van der Waals surface area contributed by atoms with Crippen molar-refractivity contribution >= 4 is 5.97 Å². The number of methoxy groups -OCH3 is 1. The van der Waals surface area contributed by atoms with Gasteiger partial charge in [-0.25, -0.2) is 4.79 Å². The standard InChI is InChI=1S/C22H29N3O4/c1-28-22(27)18-5-7-21(8-6-18)29-17-20(26)16-25-14-12-24(13-15-25)11-9-19-4-2-3-10-23-19/h2-8,10,20,26H,9,11-17H2,1H3. The molecule has 1 aliphatic heterocycles. The molecule has 7 nitrogen and oxygen atoms in total. The normalized spacial score (nSPS) is 16.3. The summed E-state index contributed by atoms with van der Waals surface area (Å²) in [5.74, 6) is 0.242. The fraction of sp³-hybridized carbons (Fsp3) is 0.455. The van der Waals surface area contributed by atoms with E-state index in [1.807, 2.05) is 18.3 Å². The third kappa shape index (κ3) is 6.81. The van der Waals surface area contributed by atoms with Crippen LogP contribution in [0, 0.1) is 0 Å². The van der Waals surface area contributed by atoms with E-state index < -0.39 is 6.10 Å². The smallest absolute Gasteiger partial charge is 0.337 e. The number of aliphatic hydroxyl groups excluding tert-OH is 1. The summed E-state index contributed by atoms with van der Waals surface area (Å²) in [6.45, 7) is 5.69. The quantitative estimate of drug-likeness (QED) is 0.640. The van der Waals surface area contributed by atoms with E-state index in [1.54, 1.807) is 24.3 Å². The van der Waals surface area contributed by atoms with Crippen LogP contribution in [0.4, 0.5) is 0 Å². The average Bonchev–Trinajstić information content (AvgIpc) is 2.78. The van der Waals surface area contributed by atoms with E-state index in [4.69, 9.17) is 4.74 Å². The first kappa shape index (κ1) is 21.2. The van der Waals surface area contributed by atoms with Crippen LogP contribution in [0.1, 0.15) is 16.1 Å². The molecule has 29 heavy (non-hydrogen) atoms. The van der Waals surface area contributed by atoms with E-state index >= 15 is 0 Å². The summed E-state index contributed by atoms with van der Waals surface area (Å²) in [4.78, 5) is 20.5. The molecule has 1 atom stereocenters. The van der Waals surface area contributed by atoms with E-state index in [0.717, 1.165) is 44.8 Å². The first-order valence-electron chi connectivity index (χ1n) is 9.98. The van der Waals surface area contributed by atoms with Crippen LogP contribution in [-0.2, 0) is 11.2 Å². The summed E-state index contributed by atoms with van der Waals surface area (Å²) in [5.41, 5.74) is 1.60. The topological polar surface area (TPSA) is 75.1 Å². The highest BCUT2D eigenvalue weighted by atomic mass is 16.5. The van der Waals surface area contributed by atoms with Crippen molar-refractivity contribution in [1.29, 1.82) is 0 Å². The predicted octanol–water partition coefficient (Wildman–Crippen LogP) is 1.47. The SMILES string of the molecule is COC(=O)c1ccc(OCC(O)CN2CCN(CCc3ccccn3)CC2)cc1. The number of carbonyl (C=O) groups is 1. The number of hydrogen-bond donors (Lipinski definition) is 1. The highest BCUT2D eigenvalue weighted by Gasteiger charge is 2.19. The molecule has 1 aromatic carbocycles. The van der Waals surface area contributed by atoms with Gasteiger partial charge in [0.1, 0.15) is 18.5 Å². The number of carbonyl (C=O) groups excluding carboxylic acids is 1. The summed E-state index contributed by atoms with van der Waals surface area (Å²) in [6, 6.07) is 12.7. The number of esters is 1. The number of hydrogen-bond acceptors (Lipinski definition) is 7. The molecule has 0 bridgehead atoms. The minimum absolute atomic E-state index is 0.220. The van der Waals surface area contributed by atoms with Gasteiger partial charge in [-0.15, -0.1) is 0 Å². The summed E-state index contributed by atoms with van der Waals surface area (Å²) in [7, 11) is 1.35. The first-order chi connectivity index (χ1) is 14.1. The third-order valence-corrected chi connectivity index (χ3v) is 5.06. The van der Waals surface area contributed by atoms with Crippen molar-refractivity contribution in [1.82, 2.24) is 14.8 Å². The van der Waals surface area contributed by atoms with Gasteiger partial charge in [0.05, 0.1) is 12.7 Å². The van der Waals surface area contributed by atoms with Crippen molar-refractivity contribution in [3.8, 4) is 5.75 Å². The van der Waals surface area contributed by atoms with Crippen LogP contribution < -0.4 is 4.74 Å². The fourth-order valence-electron chi connectivity index (χ4n) is 3.36. The van der Waals surface area contributed by atoms with Crippen LogP contribution in [0.3, 0.4) is 0 Å². The van der Waals surface area contributed by atoms with Gasteiger partial charge in [0.15, 0.2) is 0 Å². The molecular formula is C22H29N3O4. The van der Waals surface area contributed by atoms with E-state index in [0.29, 0.717) is 17.9 Å². The predicted molar refractivity (Wildman–Crippen MR) is 110 cm³/mol. The van der Waals surface area contributed by atoms with Crippen molar-refractivity contribution in [2.75, 3.05) is 53.0 Å². The molecule has 2 aromatic rings. The molecule has 0 radical (unpaired) electrons. The highest BCUT2D eigenvalue weighted by molar-refractivity contribution is 5.89. The van der Waals surface area contributed by atoms with Gasteiger partial charge >= 0.3 is 5.97 Å². The maximum absolute atomic E-state index is 11.4. The molecule has 3 rings (SSSR count). The van der Waals surface area contributed by atoms with Gasteiger partial charge in [0.2, 0.25) is 0 Å². The van der Waals surface area contributed by atoms with E-state index in [1.165, 1.54) is 7.11 Å². The summed E-state index contributed by atoms with van der Waals surface area (Å²) < 4.78 is 10.3. The second-order valence-electron chi connectivity index (χ2n) is 7.19. The number of benzene rings is 1. The summed E-state index contributed by atoms with van der Waals surface area (Å²) in [5, 5.41) is 10.3. The van der Waals surface area contributed by atoms with Gasteiger partial charge in [-0.2, -0.15) is 0 Å². The van der Waals surface area contributed by atoms with Crippen LogP contribution in [0.15, 0.2) is 48.7 Å². The molecule has 1 aliphatic rings. The molecule has 1 aromatic heterocycles. The zero-order valence-electron chi connectivity index (χ0n) is 16.9. The lowest BCUT2D eigenvalue weighted by Crippen LogP contribution is -2.49. The van der Waals surface area contributed by atoms with E-state index in [2.05, 4.69) is 25.6 Å². The molecule has 1 unspecified atom stereocenters. The molecule has 7 heteroatoms. The van der Waals surface area contributed by atoms with Crippen molar-refractivity contribution in [3.05, 3.63) is 59.9 Å². The van der Waals surface area contributed by atoms with Crippen LogP contribution in [0.5, 0.6) is 5.75 Å². The lowest BCUT2D eigenvalue weighted by Gasteiger charge is -2.35. The number of β-amino-alcohol motifs (C(OH)–C–C–N with tert-alkyl or cyclic N) is 1. The number of rotatable bonds is 9. The van der Waals surface area contributed by atoms with Gasteiger partial charge in [-0.1, -0.05) is 6.07 Å². The maximum Gasteiger partial charge on any atom is 0.337 e. The minimum atomic E-state index is -0.560. The van der Waals surface area contributed by atoms with E-state index in [-0.39, 0.29) is 12.6 Å². The lowest BCUT2D eigenvalue weighted by molar-refractivity contribution is 0.0462. The Balaban J connectivity index is 1.33. The molecule has 0 amide bonds. The van der Waals surface area contributed by atoms with Crippen molar-refractivity contribution in [2.24, 2.45) is 0 Å².